The van der Waals surface area contributed by atoms with Crippen LogP contribution < -0.4 is 5.43 Å². The van der Waals surface area contributed by atoms with Crippen molar-refractivity contribution in [3.63, 3.8) is 0 Å². The second kappa shape index (κ2) is 9.10. The minimum Gasteiger partial charge on any atom is -0.462 e. The monoisotopic (exact) mass is 392 g/mol. The van der Waals surface area contributed by atoms with Crippen LogP contribution in [0, 0.1) is 6.92 Å². The third-order valence-corrected chi connectivity index (χ3v) is 4.33. The lowest BCUT2D eigenvalue weighted by Crippen LogP contribution is -2.13. The first-order chi connectivity index (χ1) is 14.0. The molecule has 0 aliphatic carbocycles. The number of nitrogens with one attached hydrogen (secondary N) is 1. The van der Waals surface area contributed by atoms with Crippen molar-refractivity contribution in [2.75, 3.05) is 18.6 Å². The molecule has 1 N–H and O–H groups in total. The first-order valence-electron chi connectivity index (χ1n) is 9.53. The summed E-state index contributed by atoms with van der Waals surface area (Å²) in [7, 11) is 0. The van der Waals surface area contributed by atoms with E-state index < -0.39 is 11.9 Å². The SMILES string of the molecule is CCOC(=O)c1cn(Nc2ccc(C)cc2)c(-c2ccccc2)c1C(=O)OCC. The van der Waals surface area contributed by atoms with Crippen molar-refractivity contribution in [3.05, 3.63) is 77.5 Å². The molecule has 3 aromatic rings. The normalized spacial score (nSPS) is 10.4. The van der Waals surface area contributed by atoms with Crippen molar-refractivity contribution in [1.29, 1.82) is 0 Å². The molecule has 0 spiro atoms. The van der Waals surface area contributed by atoms with Gasteiger partial charge >= 0.3 is 11.9 Å². The minimum atomic E-state index is -0.572. The summed E-state index contributed by atoms with van der Waals surface area (Å²) in [6, 6.07) is 17.2. The molecule has 0 unspecified atom stereocenters. The maximum absolute atomic E-state index is 12.8. The molecule has 0 aliphatic rings. The molecule has 29 heavy (non-hydrogen) atoms. The van der Waals surface area contributed by atoms with Gasteiger partial charge in [0.1, 0.15) is 5.56 Å². The Labute approximate surface area is 170 Å². The van der Waals surface area contributed by atoms with Crippen LogP contribution in [0.15, 0.2) is 60.8 Å². The van der Waals surface area contributed by atoms with E-state index in [1.165, 1.54) is 0 Å². The Morgan fingerprint density at radius 3 is 2.14 bits per heavy atom. The van der Waals surface area contributed by atoms with Gasteiger partial charge in [0.2, 0.25) is 0 Å². The third-order valence-electron chi connectivity index (χ3n) is 4.33. The number of anilines is 1. The molecule has 2 aromatic carbocycles. The number of aryl methyl sites for hydroxylation is 1. The van der Waals surface area contributed by atoms with Gasteiger partial charge in [0.25, 0.3) is 0 Å². The first kappa shape index (κ1) is 20.2. The number of benzene rings is 2. The highest BCUT2D eigenvalue weighted by molar-refractivity contribution is 6.08. The number of carbonyl (C=O) groups excluding carboxylic acids is 2. The Morgan fingerprint density at radius 1 is 0.897 bits per heavy atom. The number of hydrogen-bond acceptors (Lipinski definition) is 5. The van der Waals surface area contributed by atoms with Gasteiger partial charge in [-0.1, -0.05) is 48.0 Å². The highest BCUT2D eigenvalue weighted by Crippen LogP contribution is 2.30. The summed E-state index contributed by atoms with van der Waals surface area (Å²) in [5, 5.41) is 0. The van der Waals surface area contributed by atoms with E-state index in [-0.39, 0.29) is 24.3 Å². The van der Waals surface area contributed by atoms with E-state index in [2.05, 4.69) is 5.43 Å². The molecule has 3 rings (SSSR count). The zero-order valence-electron chi connectivity index (χ0n) is 16.8. The summed E-state index contributed by atoms with van der Waals surface area (Å²) in [5.74, 6) is -1.14. The predicted molar refractivity (Wildman–Crippen MR) is 112 cm³/mol. The van der Waals surface area contributed by atoms with Crippen LogP contribution in [0.2, 0.25) is 0 Å². The van der Waals surface area contributed by atoms with Gasteiger partial charge in [-0.05, 0) is 32.9 Å². The zero-order valence-corrected chi connectivity index (χ0v) is 16.8. The van der Waals surface area contributed by atoms with E-state index in [4.69, 9.17) is 9.47 Å². The summed E-state index contributed by atoms with van der Waals surface area (Å²) < 4.78 is 12.1. The molecule has 1 heterocycles. The fourth-order valence-corrected chi connectivity index (χ4v) is 3.01. The van der Waals surface area contributed by atoms with Crippen molar-refractivity contribution in [1.82, 2.24) is 4.68 Å². The van der Waals surface area contributed by atoms with E-state index in [1.807, 2.05) is 61.5 Å². The second-order valence-corrected chi connectivity index (χ2v) is 6.42. The Kier molecular flexibility index (Phi) is 6.34. The van der Waals surface area contributed by atoms with Gasteiger partial charge in [-0.25, -0.2) is 9.59 Å². The summed E-state index contributed by atoms with van der Waals surface area (Å²) in [6.45, 7) is 5.87. The smallest absolute Gasteiger partial charge is 0.341 e. The van der Waals surface area contributed by atoms with Crippen molar-refractivity contribution in [2.24, 2.45) is 0 Å². The highest BCUT2D eigenvalue weighted by Gasteiger charge is 2.29. The number of esters is 2. The molecule has 0 bridgehead atoms. The van der Waals surface area contributed by atoms with Crippen molar-refractivity contribution >= 4 is 17.6 Å². The van der Waals surface area contributed by atoms with Gasteiger partial charge in [-0.3, -0.25) is 10.1 Å². The van der Waals surface area contributed by atoms with Crippen LogP contribution in [0.25, 0.3) is 11.3 Å². The Balaban J connectivity index is 2.19. The average Bonchev–Trinajstić information content (AvgIpc) is 3.10. The molecule has 0 aliphatic heterocycles. The molecule has 0 saturated heterocycles. The Bertz CT molecular complexity index is 992. The van der Waals surface area contributed by atoms with E-state index in [1.54, 1.807) is 24.7 Å². The fourth-order valence-electron chi connectivity index (χ4n) is 3.01. The van der Waals surface area contributed by atoms with Crippen LogP contribution >= 0.6 is 0 Å². The summed E-state index contributed by atoms with van der Waals surface area (Å²) in [5.41, 5.74) is 6.84. The van der Waals surface area contributed by atoms with Crippen LogP contribution in [0.5, 0.6) is 0 Å². The second-order valence-electron chi connectivity index (χ2n) is 6.42. The molecular formula is C23H24N2O4. The topological polar surface area (TPSA) is 69.6 Å². The molecule has 0 amide bonds. The molecule has 1 aromatic heterocycles. The van der Waals surface area contributed by atoms with Crippen LogP contribution in [-0.2, 0) is 9.47 Å². The average molecular weight is 392 g/mol. The lowest BCUT2D eigenvalue weighted by atomic mass is 10.0. The molecule has 6 heteroatoms. The maximum Gasteiger partial charge on any atom is 0.341 e. The molecule has 0 atom stereocenters. The maximum atomic E-state index is 12.8. The van der Waals surface area contributed by atoms with Gasteiger partial charge in [-0.15, -0.1) is 0 Å². The zero-order chi connectivity index (χ0) is 20.8. The molecular weight excluding hydrogens is 368 g/mol. The summed E-state index contributed by atoms with van der Waals surface area (Å²) in [4.78, 5) is 25.4. The molecule has 0 saturated carbocycles. The quantitative estimate of drug-likeness (QED) is 0.591. The minimum absolute atomic E-state index is 0.156. The van der Waals surface area contributed by atoms with Crippen molar-refractivity contribution < 1.29 is 19.1 Å². The van der Waals surface area contributed by atoms with E-state index in [0.29, 0.717) is 5.69 Å². The van der Waals surface area contributed by atoms with Crippen LogP contribution in [0.4, 0.5) is 5.69 Å². The summed E-state index contributed by atoms with van der Waals surface area (Å²) >= 11 is 0. The molecule has 0 fully saturated rings. The Hall–Kier alpha value is -3.54. The number of carbonyl (C=O) groups is 2. The van der Waals surface area contributed by atoms with Gasteiger partial charge in [0.05, 0.1) is 30.2 Å². The summed E-state index contributed by atoms with van der Waals surface area (Å²) in [6.07, 6.45) is 1.58. The van der Waals surface area contributed by atoms with Crippen LogP contribution in [0.3, 0.4) is 0 Å². The van der Waals surface area contributed by atoms with Gasteiger partial charge in [0.15, 0.2) is 0 Å². The highest BCUT2D eigenvalue weighted by atomic mass is 16.5. The van der Waals surface area contributed by atoms with Gasteiger partial charge in [-0.2, -0.15) is 0 Å². The van der Waals surface area contributed by atoms with Crippen molar-refractivity contribution in [2.45, 2.75) is 20.8 Å². The number of aromatic nitrogens is 1. The standard InChI is InChI=1S/C23H24N2O4/c1-4-28-22(26)19-15-25(24-18-13-11-16(3)12-14-18)21(17-9-7-6-8-10-17)20(19)23(27)29-5-2/h6-15,24H,4-5H2,1-3H3. The Morgan fingerprint density at radius 2 is 1.52 bits per heavy atom. The number of ether oxygens (including phenoxy) is 2. The molecule has 0 radical (unpaired) electrons. The van der Waals surface area contributed by atoms with E-state index in [9.17, 15) is 9.59 Å². The third kappa shape index (κ3) is 4.48. The largest absolute Gasteiger partial charge is 0.462 e. The van der Waals surface area contributed by atoms with Gasteiger partial charge < -0.3 is 9.47 Å². The lowest BCUT2D eigenvalue weighted by Gasteiger charge is -2.14. The number of nitrogens with zero attached hydrogens (tertiary/aromatic N) is 1. The predicted octanol–water partition coefficient (Wildman–Crippen LogP) is 4.69. The van der Waals surface area contributed by atoms with Crippen LogP contribution in [0.1, 0.15) is 40.1 Å². The van der Waals surface area contributed by atoms with Crippen LogP contribution in [-0.4, -0.2) is 29.8 Å². The van der Waals surface area contributed by atoms with Crippen molar-refractivity contribution in [3.8, 4) is 11.3 Å². The molecule has 6 nitrogen and oxygen atoms in total. The molecule has 150 valence electrons. The number of rotatable bonds is 7. The van der Waals surface area contributed by atoms with E-state index >= 15 is 0 Å². The van der Waals surface area contributed by atoms with E-state index in [0.717, 1.165) is 16.8 Å². The number of hydrogen-bond donors (Lipinski definition) is 1. The lowest BCUT2D eigenvalue weighted by molar-refractivity contribution is 0.0481. The van der Waals surface area contributed by atoms with Gasteiger partial charge in [0, 0.05) is 11.8 Å². The fraction of sp³-hybridized carbons (Fsp3) is 0.217. The first-order valence-corrected chi connectivity index (χ1v) is 9.53.